The number of hydrogen-bond donors (Lipinski definition) is 0. The molecule has 0 atom stereocenters. The maximum Gasteiger partial charge on any atom is 0.120 e. The summed E-state index contributed by atoms with van der Waals surface area (Å²) >= 11 is 0. The second kappa shape index (κ2) is 7.47. The zero-order valence-electron chi connectivity index (χ0n) is 13.5. The Bertz CT molecular complexity index is 777. The Morgan fingerprint density at radius 3 is 2.48 bits per heavy atom. The van der Waals surface area contributed by atoms with Crippen LogP contribution < -0.4 is 9.92 Å². The number of benzene rings is 3. The van der Waals surface area contributed by atoms with Crippen LogP contribution in [0.1, 0.15) is 26.2 Å². The number of ether oxygens (including phenoxy) is 1. The number of rotatable bonds is 6. The maximum atomic E-state index is 5.99. The third-order valence-electron chi connectivity index (χ3n) is 4.05. The van der Waals surface area contributed by atoms with E-state index in [0.717, 1.165) is 24.0 Å². The minimum atomic E-state index is 0.783. The summed E-state index contributed by atoms with van der Waals surface area (Å²) in [6.07, 6.45) is 3.54. The summed E-state index contributed by atoms with van der Waals surface area (Å²) in [5.74, 6) is 0.956. The van der Waals surface area contributed by atoms with Gasteiger partial charge < -0.3 is 4.74 Å². The molecule has 0 fully saturated rings. The molecular formula is C21H21OSi. The van der Waals surface area contributed by atoms with E-state index in [2.05, 4.69) is 77.8 Å². The molecule has 0 spiro atoms. The van der Waals surface area contributed by atoms with Crippen molar-refractivity contribution in [3.63, 3.8) is 0 Å². The first-order valence-electron chi connectivity index (χ1n) is 8.25. The summed E-state index contributed by atoms with van der Waals surface area (Å²) in [4.78, 5) is 0. The predicted molar refractivity (Wildman–Crippen MR) is 99.8 cm³/mol. The van der Waals surface area contributed by atoms with E-state index in [0.29, 0.717) is 0 Å². The molecule has 0 heterocycles. The highest BCUT2D eigenvalue weighted by atomic mass is 28.1. The monoisotopic (exact) mass is 317 g/mol. The van der Waals surface area contributed by atoms with E-state index in [1.807, 2.05) is 0 Å². The molecule has 0 saturated heterocycles. The molecule has 0 aliphatic carbocycles. The fraction of sp³-hybridized carbons (Fsp3) is 0.238. The Balaban J connectivity index is 1.98. The van der Waals surface area contributed by atoms with Crippen LogP contribution in [0.4, 0.5) is 0 Å². The van der Waals surface area contributed by atoms with E-state index in [-0.39, 0.29) is 0 Å². The summed E-state index contributed by atoms with van der Waals surface area (Å²) in [5, 5.41) is 3.57. The lowest BCUT2D eigenvalue weighted by atomic mass is 9.98. The average molecular weight is 317 g/mol. The van der Waals surface area contributed by atoms with Crippen molar-refractivity contribution in [2.75, 3.05) is 6.61 Å². The van der Waals surface area contributed by atoms with Crippen molar-refractivity contribution in [1.82, 2.24) is 0 Å². The van der Waals surface area contributed by atoms with Crippen LogP contribution in [0.5, 0.6) is 5.75 Å². The number of fused-ring (bicyclic) bond motifs is 1. The van der Waals surface area contributed by atoms with E-state index < -0.39 is 0 Å². The Kier molecular flexibility index (Phi) is 5.14. The molecule has 0 N–H and O–H groups in total. The van der Waals surface area contributed by atoms with Gasteiger partial charge in [-0.3, -0.25) is 0 Å². The van der Waals surface area contributed by atoms with Crippen LogP contribution in [-0.2, 0) is 0 Å². The molecule has 3 rings (SSSR count). The molecule has 3 aromatic rings. The lowest BCUT2D eigenvalue weighted by molar-refractivity contribution is 0.307. The Morgan fingerprint density at radius 1 is 0.913 bits per heavy atom. The molecule has 0 aliphatic rings. The van der Waals surface area contributed by atoms with Gasteiger partial charge >= 0.3 is 0 Å². The van der Waals surface area contributed by atoms with Crippen molar-refractivity contribution >= 4 is 26.2 Å². The van der Waals surface area contributed by atoms with Crippen LogP contribution in [-0.4, -0.2) is 16.8 Å². The molecule has 2 heteroatoms. The lowest BCUT2D eigenvalue weighted by Crippen LogP contribution is -2.00. The molecule has 0 bridgehead atoms. The molecule has 0 amide bonds. The summed E-state index contributed by atoms with van der Waals surface area (Å²) in [6.45, 7) is 2.99. The molecular weight excluding hydrogens is 296 g/mol. The lowest BCUT2D eigenvalue weighted by Gasteiger charge is -2.12. The highest BCUT2D eigenvalue weighted by Crippen LogP contribution is 2.32. The average Bonchev–Trinajstić information content (AvgIpc) is 2.59. The third kappa shape index (κ3) is 3.83. The van der Waals surface area contributed by atoms with Gasteiger partial charge in [-0.2, -0.15) is 0 Å². The van der Waals surface area contributed by atoms with Crippen molar-refractivity contribution in [3.05, 3.63) is 60.7 Å². The van der Waals surface area contributed by atoms with Crippen LogP contribution in [0.15, 0.2) is 60.7 Å². The van der Waals surface area contributed by atoms with Gasteiger partial charge in [0.2, 0.25) is 0 Å². The van der Waals surface area contributed by atoms with Gasteiger partial charge in [-0.05, 0) is 40.5 Å². The molecule has 0 unspecified atom stereocenters. The fourth-order valence-corrected chi connectivity index (χ4v) is 2.96. The molecule has 1 nitrogen and oxygen atoms in total. The predicted octanol–water partition coefficient (Wildman–Crippen LogP) is 4.87. The van der Waals surface area contributed by atoms with E-state index in [9.17, 15) is 0 Å². The highest BCUT2D eigenvalue weighted by molar-refractivity contribution is 6.32. The minimum absolute atomic E-state index is 0.783. The van der Waals surface area contributed by atoms with E-state index in [4.69, 9.17) is 4.74 Å². The smallest absolute Gasteiger partial charge is 0.120 e. The second-order valence-electron chi connectivity index (χ2n) is 5.82. The molecule has 115 valence electrons. The molecule has 0 aliphatic heterocycles. The Morgan fingerprint density at radius 2 is 1.70 bits per heavy atom. The summed E-state index contributed by atoms with van der Waals surface area (Å²) in [6, 6.07) is 21.2. The van der Waals surface area contributed by atoms with Gasteiger partial charge in [0.05, 0.1) is 16.8 Å². The van der Waals surface area contributed by atoms with Gasteiger partial charge in [0.1, 0.15) is 5.75 Å². The topological polar surface area (TPSA) is 9.23 Å². The van der Waals surface area contributed by atoms with Gasteiger partial charge in [-0.15, -0.1) is 0 Å². The first-order chi connectivity index (χ1) is 11.3. The molecule has 3 radical (unpaired) electrons. The minimum Gasteiger partial charge on any atom is -0.494 e. The van der Waals surface area contributed by atoms with E-state index in [1.165, 1.54) is 34.7 Å². The van der Waals surface area contributed by atoms with E-state index >= 15 is 0 Å². The van der Waals surface area contributed by atoms with E-state index in [1.54, 1.807) is 0 Å². The normalized spacial score (nSPS) is 10.9. The van der Waals surface area contributed by atoms with Crippen molar-refractivity contribution in [1.29, 1.82) is 0 Å². The van der Waals surface area contributed by atoms with Gasteiger partial charge in [0, 0.05) is 0 Å². The second-order valence-corrected chi connectivity index (χ2v) is 6.40. The highest BCUT2D eigenvalue weighted by Gasteiger charge is 2.07. The largest absolute Gasteiger partial charge is 0.494 e. The van der Waals surface area contributed by atoms with Crippen molar-refractivity contribution in [2.24, 2.45) is 0 Å². The summed E-state index contributed by atoms with van der Waals surface area (Å²) in [5.41, 5.74) is 2.43. The molecule has 0 saturated carbocycles. The quantitative estimate of drug-likeness (QED) is 0.465. The van der Waals surface area contributed by atoms with Crippen molar-refractivity contribution in [2.45, 2.75) is 26.2 Å². The number of unbranched alkanes of at least 4 members (excludes halogenated alkanes) is 2. The van der Waals surface area contributed by atoms with Crippen LogP contribution in [0.2, 0.25) is 0 Å². The first kappa shape index (κ1) is 15.8. The van der Waals surface area contributed by atoms with Crippen molar-refractivity contribution < 1.29 is 4.74 Å². The fourth-order valence-electron chi connectivity index (χ4n) is 2.80. The first-order valence-corrected chi connectivity index (χ1v) is 8.75. The van der Waals surface area contributed by atoms with Crippen LogP contribution in [0.25, 0.3) is 21.9 Å². The summed E-state index contributed by atoms with van der Waals surface area (Å²) in [7, 11) is 3.56. The number of hydrogen-bond acceptors (Lipinski definition) is 1. The van der Waals surface area contributed by atoms with Gasteiger partial charge in [0.25, 0.3) is 0 Å². The molecule has 0 aromatic heterocycles. The molecule has 23 heavy (non-hydrogen) atoms. The standard InChI is InChI=1S/C21H21OSi/c1-2-3-6-13-22-18-14-17-7-4-5-8-20(17)21(15-18)16-9-11-19(23)12-10-16/h4-5,7-12,14-15H,2-3,6,13H2,1H3. The van der Waals surface area contributed by atoms with Gasteiger partial charge in [-0.25, -0.2) is 0 Å². The Hall–Kier alpha value is -2.06. The zero-order chi connectivity index (χ0) is 16.1. The van der Waals surface area contributed by atoms with Gasteiger partial charge in [-0.1, -0.05) is 73.5 Å². The zero-order valence-corrected chi connectivity index (χ0v) is 14.5. The van der Waals surface area contributed by atoms with Crippen LogP contribution in [0, 0.1) is 0 Å². The Labute approximate surface area is 141 Å². The maximum absolute atomic E-state index is 5.99. The SMILES string of the molecule is CCCCCOc1cc(-c2ccc([Si])cc2)c2ccccc2c1. The van der Waals surface area contributed by atoms with Gasteiger partial charge in [0.15, 0.2) is 0 Å². The summed E-state index contributed by atoms with van der Waals surface area (Å²) < 4.78 is 5.99. The van der Waals surface area contributed by atoms with Crippen molar-refractivity contribution in [3.8, 4) is 16.9 Å². The van der Waals surface area contributed by atoms with Crippen LogP contribution in [0.3, 0.4) is 0 Å². The molecule has 3 aromatic carbocycles. The third-order valence-corrected chi connectivity index (χ3v) is 4.38. The van der Waals surface area contributed by atoms with Crippen LogP contribution >= 0.6 is 0 Å².